The molecule has 0 aliphatic carbocycles. The molecular formula is C21H26N2O6. The first-order chi connectivity index (χ1) is 14.0. The molecule has 156 valence electrons. The number of carbonyl (C=O) groups is 1. The normalized spacial score (nSPS) is 19.1. The van der Waals surface area contributed by atoms with E-state index in [2.05, 4.69) is 0 Å². The second-order valence-corrected chi connectivity index (χ2v) is 7.00. The van der Waals surface area contributed by atoms with E-state index in [9.17, 15) is 14.7 Å². The van der Waals surface area contributed by atoms with E-state index in [1.807, 2.05) is 30.3 Å². The van der Waals surface area contributed by atoms with Gasteiger partial charge >= 0.3 is 6.09 Å². The Morgan fingerprint density at radius 3 is 2.66 bits per heavy atom. The number of piperidine rings is 1. The van der Waals surface area contributed by atoms with Crippen LogP contribution in [0.4, 0.5) is 4.79 Å². The highest BCUT2D eigenvalue weighted by atomic mass is 16.5. The van der Waals surface area contributed by atoms with Crippen LogP contribution >= 0.6 is 0 Å². The highest BCUT2D eigenvalue weighted by Crippen LogP contribution is 2.22. The van der Waals surface area contributed by atoms with E-state index in [1.165, 1.54) is 10.6 Å². The van der Waals surface area contributed by atoms with Gasteiger partial charge in [-0.1, -0.05) is 30.3 Å². The number of aliphatic hydroxyl groups is 1. The van der Waals surface area contributed by atoms with Crippen molar-refractivity contribution in [1.29, 1.82) is 0 Å². The number of hydrogen-bond donors (Lipinski definition) is 2. The van der Waals surface area contributed by atoms with Crippen LogP contribution in [-0.4, -0.2) is 58.2 Å². The molecule has 1 aromatic carbocycles. The molecule has 2 N–H and O–H groups in total. The third kappa shape index (κ3) is 5.82. The van der Waals surface area contributed by atoms with E-state index in [0.29, 0.717) is 38.4 Å². The van der Waals surface area contributed by atoms with Gasteiger partial charge in [0.05, 0.1) is 38.5 Å². The van der Waals surface area contributed by atoms with Gasteiger partial charge in [0.15, 0.2) is 0 Å². The minimum Gasteiger partial charge on any atom is -0.493 e. The summed E-state index contributed by atoms with van der Waals surface area (Å²) in [5.74, 6) is 0.465. The van der Waals surface area contributed by atoms with Crippen molar-refractivity contribution in [3.8, 4) is 5.75 Å². The quantitative estimate of drug-likeness (QED) is 0.656. The van der Waals surface area contributed by atoms with E-state index in [4.69, 9.17) is 14.6 Å². The van der Waals surface area contributed by atoms with Crippen LogP contribution in [0, 0.1) is 0 Å². The molecule has 29 heavy (non-hydrogen) atoms. The summed E-state index contributed by atoms with van der Waals surface area (Å²) in [6.45, 7) is 1.82. The van der Waals surface area contributed by atoms with Crippen molar-refractivity contribution >= 4 is 6.09 Å². The first-order valence-corrected chi connectivity index (χ1v) is 9.67. The summed E-state index contributed by atoms with van der Waals surface area (Å²) in [5.41, 5.74) is 0.837. The lowest BCUT2D eigenvalue weighted by Gasteiger charge is -2.35. The first kappa shape index (κ1) is 20.9. The number of hydrogen-bond acceptors (Lipinski definition) is 5. The number of aromatic nitrogens is 1. The molecule has 0 saturated carbocycles. The predicted molar refractivity (Wildman–Crippen MR) is 106 cm³/mol. The molecule has 2 atom stereocenters. The molecule has 1 fully saturated rings. The van der Waals surface area contributed by atoms with Gasteiger partial charge < -0.3 is 29.2 Å². The zero-order valence-corrected chi connectivity index (χ0v) is 16.1. The monoisotopic (exact) mass is 402 g/mol. The number of carboxylic acid groups (broad SMARTS) is 1. The molecule has 0 bridgehead atoms. The summed E-state index contributed by atoms with van der Waals surface area (Å²) in [5, 5.41) is 19.3. The maximum atomic E-state index is 12.4. The van der Waals surface area contributed by atoms with Gasteiger partial charge in [-0.15, -0.1) is 0 Å². The van der Waals surface area contributed by atoms with Crippen molar-refractivity contribution < 1.29 is 24.5 Å². The number of benzene rings is 1. The number of ether oxygens (including phenoxy) is 2. The SMILES string of the molecule is O=C(O)N1CCC(n2ccc(OCCCOCc3ccccc3)cc2=O)C(O)C1. The van der Waals surface area contributed by atoms with Gasteiger partial charge in [0.1, 0.15) is 5.75 Å². The highest BCUT2D eigenvalue weighted by molar-refractivity contribution is 5.65. The Hall–Kier alpha value is -2.84. The number of pyridine rings is 1. The minimum atomic E-state index is -1.06. The van der Waals surface area contributed by atoms with Crippen molar-refractivity contribution in [3.63, 3.8) is 0 Å². The first-order valence-electron chi connectivity index (χ1n) is 9.67. The Bertz CT molecular complexity index is 854. The van der Waals surface area contributed by atoms with Crippen LogP contribution in [0.1, 0.15) is 24.4 Å². The molecule has 8 nitrogen and oxygen atoms in total. The van der Waals surface area contributed by atoms with E-state index in [0.717, 1.165) is 10.5 Å². The van der Waals surface area contributed by atoms with E-state index < -0.39 is 18.2 Å². The molecule has 3 rings (SSSR count). The fraction of sp³-hybridized carbons (Fsp3) is 0.429. The average Bonchev–Trinajstić information content (AvgIpc) is 2.72. The highest BCUT2D eigenvalue weighted by Gasteiger charge is 2.31. The van der Waals surface area contributed by atoms with E-state index in [1.54, 1.807) is 12.3 Å². The van der Waals surface area contributed by atoms with Crippen LogP contribution in [0.25, 0.3) is 0 Å². The number of likely N-dealkylation sites (tertiary alicyclic amines) is 1. The standard InChI is InChI=1S/C21H26N2O6/c24-19-14-22(21(26)27)9-8-18(19)23-10-7-17(13-20(23)25)29-12-4-11-28-15-16-5-2-1-3-6-16/h1-3,5-7,10,13,18-19,24H,4,8-9,11-12,14-15H2,(H,26,27). The molecule has 8 heteroatoms. The summed E-state index contributed by atoms with van der Waals surface area (Å²) in [6, 6.07) is 12.5. The lowest BCUT2D eigenvalue weighted by molar-refractivity contribution is 0.0284. The molecule has 1 aliphatic rings. The minimum absolute atomic E-state index is 0.00628. The van der Waals surface area contributed by atoms with Crippen LogP contribution in [-0.2, 0) is 11.3 Å². The molecule has 0 radical (unpaired) electrons. The Morgan fingerprint density at radius 1 is 1.17 bits per heavy atom. The van der Waals surface area contributed by atoms with Gasteiger partial charge in [-0.3, -0.25) is 4.79 Å². The van der Waals surface area contributed by atoms with Crippen molar-refractivity contribution in [2.45, 2.75) is 31.6 Å². The van der Waals surface area contributed by atoms with Crippen molar-refractivity contribution in [2.75, 3.05) is 26.3 Å². The summed E-state index contributed by atoms with van der Waals surface area (Å²) < 4.78 is 12.7. The molecule has 1 aromatic heterocycles. The van der Waals surface area contributed by atoms with Crippen LogP contribution in [0.15, 0.2) is 53.5 Å². The second-order valence-electron chi connectivity index (χ2n) is 7.00. The van der Waals surface area contributed by atoms with Crippen LogP contribution in [0.5, 0.6) is 5.75 Å². The Kier molecular flexibility index (Phi) is 7.26. The number of β-amino-alcohol motifs (C(OH)–C–C–N with tert-alkyl or cyclic N) is 1. The van der Waals surface area contributed by atoms with Crippen LogP contribution < -0.4 is 10.3 Å². The molecule has 0 spiro atoms. The Labute approximate surface area is 168 Å². The van der Waals surface area contributed by atoms with Crippen molar-refractivity contribution in [2.24, 2.45) is 0 Å². The Balaban J connectivity index is 1.43. The maximum absolute atomic E-state index is 12.4. The van der Waals surface area contributed by atoms with Crippen LogP contribution in [0.2, 0.25) is 0 Å². The molecule has 2 aromatic rings. The number of amides is 1. The molecule has 1 amide bonds. The molecule has 2 heterocycles. The fourth-order valence-corrected chi connectivity index (χ4v) is 3.37. The number of aliphatic hydroxyl groups excluding tert-OH is 1. The molecular weight excluding hydrogens is 376 g/mol. The van der Waals surface area contributed by atoms with Gasteiger partial charge in [-0.2, -0.15) is 0 Å². The van der Waals surface area contributed by atoms with E-state index >= 15 is 0 Å². The smallest absolute Gasteiger partial charge is 0.407 e. The second kappa shape index (κ2) is 10.1. The summed E-state index contributed by atoms with van der Waals surface area (Å²) in [7, 11) is 0. The lowest BCUT2D eigenvalue weighted by Crippen LogP contribution is -2.48. The lowest BCUT2D eigenvalue weighted by atomic mass is 10.0. The van der Waals surface area contributed by atoms with Gasteiger partial charge in [-0.25, -0.2) is 4.79 Å². The Morgan fingerprint density at radius 2 is 1.97 bits per heavy atom. The molecule has 1 aliphatic heterocycles. The summed E-state index contributed by atoms with van der Waals surface area (Å²) in [4.78, 5) is 24.6. The largest absolute Gasteiger partial charge is 0.493 e. The van der Waals surface area contributed by atoms with E-state index in [-0.39, 0.29) is 18.6 Å². The maximum Gasteiger partial charge on any atom is 0.407 e. The van der Waals surface area contributed by atoms with Gasteiger partial charge in [0.2, 0.25) is 0 Å². The van der Waals surface area contributed by atoms with Gasteiger partial charge in [0.25, 0.3) is 5.56 Å². The molecule has 1 saturated heterocycles. The average molecular weight is 402 g/mol. The zero-order valence-electron chi connectivity index (χ0n) is 16.1. The van der Waals surface area contributed by atoms with Crippen LogP contribution in [0.3, 0.4) is 0 Å². The zero-order chi connectivity index (χ0) is 20.6. The van der Waals surface area contributed by atoms with Crippen molar-refractivity contribution in [1.82, 2.24) is 9.47 Å². The van der Waals surface area contributed by atoms with Gasteiger partial charge in [-0.05, 0) is 18.1 Å². The number of rotatable bonds is 8. The number of nitrogens with zero attached hydrogens (tertiary/aromatic N) is 2. The third-order valence-corrected chi connectivity index (χ3v) is 4.91. The topological polar surface area (TPSA) is 101 Å². The predicted octanol–water partition coefficient (Wildman–Crippen LogP) is 2.12. The summed E-state index contributed by atoms with van der Waals surface area (Å²) in [6.07, 6.45) is 0.681. The van der Waals surface area contributed by atoms with Crippen molar-refractivity contribution in [3.05, 3.63) is 64.6 Å². The summed E-state index contributed by atoms with van der Waals surface area (Å²) >= 11 is 0. The fourth-order valence-electron chi connectivity index (χ4n) is 3.37. The molecule has 2 unspecified atom stereocenters. The van der Waals surface area contributed by atoms with Gasteiger partial charge in [0, 0.05) is 25.2 Å². The third-order valence-electron chi connectivity index (χ3n) is 4.91.